The van der Waals surface area contributed by atoms with E-state index in [4.69, 9.17) is 17.3 Å². The van der Waals surface area contributed by atoms with Gasteiger partial charge in [-0.1, -0.05) is 17.7 Å². The highest BCUT2D eigenvalue weighted by Gasteiger charge is 2.40. The fraction of sp³-hybridized carbons (Fsp3) is 0.500. The van der Waals surface area contributed by atoms with Crippen molar-refractivity contribution in [2.24, 2.45) is 11.7 Å². The van der Waals surface area contributed by atoms with Crippen molar-refractivity contribution in [3.8, 4) is 0 Å². The molecule has 6 heteroatoms. The highest BCUT2D eigenvalue weighted by molar-refractivity contribution is 6.31. The first-order valence-corrected chi connectivity index (χ1v) is 8.05. The first-order valence-electron chi connectivity index (χ1n) is 7.67. The molecule has 5 nitrogen and oxygen atoms in total. The molecule has 3 rings (SSSR count). The standard InChI is InChI=1S/C16H20ClN3O2/c17-11-2-1-3-13(10-11)20-9-6-14(16(20)22)15(21)19-7-4-12(18)5-8-19/h1-3,10,12,14H,4-9,18H2. The number of likely N-dealkylation sites (tertiary alicyclic amines) is 1. The lowest BCUT2D eigenvalue weighted by atomic mass is 10.0. The van der Waals surface area contributed by atoms with Gasteiger partial charge in [0.15, 0.2) is 0 Å². The zero-order valence-corrected chi connectivity index (χ0v) is 13.1. The summed E-state index contributed by atoms with van der Waals surface area (Å²) in [6, 6.07) is 7.35. The quantitative estimate of drug-likeness (QED) is 0.842. The Labute approximate surface area is 135 Å². The van der Waals surface area contributed by atoms with Crippen LogP contribution < -0.4 is 10.6 Å². The van der Waals surface area contributed by atoms with Crippen LogP contribution in [0.3, 0.4) is 0 Å². The van der Waals surface area contributed by atoms with Crippen molar-refractivity contribution in [1.82, 2.24) is 4.90 Å². The molecule has 0 saturated carbocycles. The summed E-state index contributed by atoms with van der Waals surface area (Å²) >= 11 is 5.98. The Morgan fingerprint density at radius 2 is 1.91 bits per heavy atom. The Morgan fingerprint density at radius 1 is 1.18 bits per heavy atom. The molecule has 118 valence electrons. The fourth-order valence-electron chi connectivity index (χ4n) is 3.15. The predicted octanol–water partition coefficient (Wildman–Crippen LogP) is 1.64. The summed E-state index contributed by atoms with van der Waals surface area (Å²) < 4.78 is 0. The van der Waals surface area contributed by atoms with Crippen molar-refractivity contribution >= 4 is 29.1 Å². The van der Waals surface area contributed by atoms with Gasteiger partial charge in [0.05, 0.1) is 0 Å². The maximum Gasteiger partial charge on any atom is 0.239 e. The zero-order valence-electron chi connectivity index (χ0n) is 12.4. The van der Waals surface area contributed by atoms with E-state index >= 15 is 0 Å². The van der Waals surface area contributed by atoms with Crippen LogP contribution in [0, 0.1) is 5.92 Å². The van der Waals surface area contributed by atoms with Gasteiger partial charge in [0, 0.05) is 36.4 Å². The molecule has 1 aromatic rings. The molecule has 2 heterocycles. The van der Waals surface area contributed by atoms with Gasteiger partial charge in [-0.3, -0.25) is 9.59 Å². The summed E-state index contributed by atoms with van der Waals surface area (Å²) in [5.74, 6) is -0.739. The second kappa shape index (κ2) is 6.26. The van der Waals surface area contributed by atoms with Crippen molar-refractivity contribution in [3.63, 3.8) is 0 Å². The van der Waals surface area contributed by atoms with Crippen LogP contribution in [0.25, 0.3) is 0 Å². The van der Waals surface area contributed by atoms with Gasteiger partial charge in [-0.2, -0.15) is 0 Å². The summed E-state index contributed by atoms with van der Waals surface area (Å²) in [6.07, 6.45) is 2.18. The molecule has 1 unspecified atom stereocenters. The summed E-state index contributed by atoms with van der Waals surface area (Å²) in [4.78, 5) is 28.6. The topological polar surface area (TPSA) is 66.6 Å². The third-order valence-electron chi connectivity index (χ3n) is 4.47. The van der Waals surface area contributed by atoms with E-state index in [0.717, 1.165) is 18.5 Å². The maximum atomic E-state index is 12.6. The predicted molar refractivity (Wildman–Crippen MR) is 85.7 cm³/mol. The van der Waals surface area contributed by atoms with Crippen LogP contribution in [0.1, 0.15) is 19.3 Å². The van der Waals surface area contributed by atoms with E-state index in [-0.39, 0.29) is 17.9 Å². The van der Waals surface area contributed by atoms with Crippen molar-refractivity contribution < 1.29 is 9.59 Å². The van der Waals surface area contributed by atoms with E-state index in [9.17, 15) is 9.59 Å². The molecular weight excluding hydrogens is 302 g/mol. The van der Waals surface area contributed by atoms with Gasteiger partial charge >= 0.3 is 0 Å². The van der Waals surface area contributed by atoms with Crippen molar-refractivity contribution in [1.29, 1.82) is 0 Å². The van der Waals surface area contributed by atoms with E-state index in [1.54, 1.807) is 21.9 Å². The normalized spacial score (nSPS) is 23.2. The van der Waals surface area contributed by atoms with Gasteiger partial charge in [-0.05, 0) is 37.5 Å². The number of carbonyl (C=O) groups is 2. The van der Waals surface area contributed by atoms with Crippen LogP contribution >= 0.6 is 11.6 Å². The summed E-state index contributed by atoms with van der Waals surface area (Å²) in [6.45, 7) is 1.87. The Balaban J connectivity index is 1.69. The number of amides is 2. The van der Waals surface area contributed by atoms with Gasteiger partial charge in [-0.25, -0.2) is 0 Å². The number of halogens is 1. The average Bonchev–Trinajstić information content (AvgIpc) is 2.89. The maximum absolute atomic E-state index is 12.6. The van der Waals surface area contributed by atoms with Crippen LogP contribution in [0.15, 0.2) is 24.3 Å². The smallest absolute Gasteiger partial charge is 0.239 e. The number of benzene rings is 1. The molecule has 0 bridgehead atoms. The van der Waals surface area contributed by atoms with E-state index in [1.807, 2.05) is 12.1 Å². The van der Waals surface area contributed by atoms with E-state index < -0.39 is 5.92 Å². The average molecular weight is 322 g/mol. The summed E-state index contributed by atoms with van der Waals surface area (Å²) in [7, 11) is 0. The molecule has 0 radical (unpaired) electrons. The third kappa shape index (κ3) is 2.96. The number of piperidine rings is 1. The van der Waals surface area contributed by atoms with E-state index in [0.29, 0.717) is 31.1 Å². The van der Waals surface area contributed by atoms with Gasteiger partial charge in [-0.15, -0.1) is 0 Å². The number of hydrogen-bond donors (Lipinski definition) is 1. The molecule has 2 amide bonds. The molecule has 22 heavy (non-hydrogen) atoms. The SMILES string of the molecule is NC1CCN(C(=O)C2CCN(c3cccc(Cl)c3)C2=O)CC1. The molecule has 1 atom stereocenters. The minimum Gasteiger partial charge on any atom is -0.342 e. The van der Waals surface area contributed by atoms with Crippen LogP contribution in [-0.2, 0) is 9.59 Å². The Morgan fingerprint density at radius 3 is 2.59 bits per heavy atom. The van der Waals surface area contributed by atoms with Crippen LogP contribution in [0.4, 0.5) is 5.69 Å². The lowest BCUT2D eigenvalue weighted by Crippen LogP contribution is -2.46. The monoisotopic (exact) mass is 321 g/mol. The molecule has 2 fully saturated rings. The fourth-order valence-corrected chi connectivity index (χ4v) is 3.33. The van der Waals surface area contributed by atoms with Gasteiger partial charge in [0.2, 0.25) is 11.8 Å². The van der Waals surface area contributed by atoms with Crippen molar-refractivity contribution in [2.75, 3.05) is 24.5 Å². The minimum absolute atomic E-state index is 0.0542. The number of carbonyl (C=O) groups excluding carboxylic acids is 2. The molecule has 0 aromatic heterocycles. The van der Waals surface area contributed by atoms with E-state index in [1.165, 1.54) is 0 Å². The Kier molecular flexibility index (Phi) is 4.36. The number of hydrogen-bond acceptors (Lipinski definition) is 3. The van der Waals surface area contributed by atoms with Gasteiger partial charge in [0.25, 0.3) is 0 Å². The highest BCUT2D eigenvalue weighted by atomic mass is 35.5. The Bertz CT molecular complexity index is 585. The van der Waals surface area contributed by atoms with Crippen LogP contribution in [0.2, 0.25) is 5.02 Å². The third-order valence-corrected chi connectivity index (χ3v) is 4.71. The van der Waals surface area contributed by atoms with E-state index in [2.05, 4.69) is 0 Å². The molecule has 2 aliphatic rings. The number of nitrogens with zero attached hydrogens (tertiary/aromatic N) is 2. The number of anilines is 1. The molecular formula is C16H20ClN3O2. The molecule has 0 spiro atoms. The zero-order chi connectivity index (χ0) is 15.7. The highest BCUT2D eigenvalue weighted by Crippen LogP contribution is 2.28. The lowest BCUT2D eigenvalue weighted by molar-refractivity contribution is -0.140. The van der Waals surface area contributed by atoms with Crippen LogP contribution in [-0.4, -0.2) is 42.4 Å². The van der Waals surface area contributed by atoms with Crippen molar-refractivity contribution in [3.05, 3.63) is 29.3 Å². The van der Waals surface area contributed by atoms with Crippen molar-refractivity contribution in [2.45, 2.75) is 25.3 Å². The number of rotatable bonds is 2. The molecule has 2 N–H and O–H groups in total. The number of nitrogens with two attached hydrogens (primary N) is 1. The summed E-state index contributed by atoms with van der Waals surface area (Å²) in [5.41, 5.74) is 6.62. The molecule has 1 aromatic carbocycles. The first-order chi connectivity index (χ1) is 10.6. The lowest BCUT2D eigenvalue weighted by Gasteiger charge is -2.31. The van der Waals surface area contributed by atoms with Gasteiger partial charge < -0.3 is 15.5 Å². The largest absolute Gasteiger partial charge is 0.342 e. The minimum atomic E-state index is -0.562. The van der Waals surface area contributed by atoms with Crippen LogP contribution in [0.5, 0.6) is 0 Å². The van der Waals surface area contributed by atoms with Gasteiger partial charge in [0.1, 0.15) is 5.92 Å². The second-order valence-electron chi connectivity index (χ2n) is 5.97. The summed E-state index contributed by atoms with van der Waals surface area (Å²) in [5, 5.41) is 0.588. The second-order valence-corrected chi connectivity index (χ2v) is 6.41. The Hall–Kier alpha value is -1.59. The first kappa shape index (κ1) is 15.3. The molecule has 2 aliphatic heterocycles. The molecule has 0 aliphatic carbocycles. The molecule has 2 saturated heterocycles.